The first kappa shape index (κ1) is 19.9. The lowest BCUT2D eigenvalue weighted by atomic mass is 9.91. The average Bonchev–Trinajstić information content (AvgIpc) is 2.50. The second-order valence-corrected chi connectivity index (χ2v) is 7.31. The molecule has 134 valence electrons. The standard InChI is InChI=1S/C18H29N3O3/c1-12(2)15(16(22)24-7)20-17(23)21(6)11-13-9-8-10-14(19-13)18(3,4)5/h8-10,12,15H,11H2,1-7H3,(H,20,23)/t15-/m0/s1. The van der Waals surface area contributed by atoms with Crippen LogP contribution in [0.3, 0.4) is 0 Å². The molecule has 0 spiro atoms. The molecule has 1 aromatic rings. The molecule has 0 saturated carbocycles. The van der Waals surface area contributed by atoms with Crippen molar-refractivity contribution in [2.75, 3.05) is 14.2 Å². The largest absolute Gasteiger partial charge is 0.467 e. The molecule has 24 heavy (non-hydrogen) atoms. The quantitative estimate of drug-likeness (QED) is 0.840. The third-order valence-electron chi connectivity index (χ3n) is 3.72. The second-order valence-electron chi connectivity index (χ2n) is 7.31. The molecule has 0 unspecified atom stereocenters. The van der Waals surface area contributed by atoms with Crippen molar-refractivity contribution in [1.82, 2.24) is 15.2 Å². The van der Waals surface area contributed by atoms with Gasteiger partial charge in [-0.1, -0.05) is 40.7 Å². The van der Waals surface area contributed by atoms with Crippen molar-refractivity contribution in [2.45, 2.75) is 52.6 Å². The first-order chi connectivity index (χ1) is 11.1. The number of amides is 2. The van der Waals surface area contributed by atoms with E-state index in [1.165, 1.54) is 12.0 Å². The van der Waals surface area contributed by atoms with Gasteiger partial charge in [0.2, 0.25) is 0 Å². The SMILES string of the molecule is COC(=O)[C@@H](NC(=O)N(C)Cc1cccc(C(C)(C)C)n1)C(C)C. The number of urea groups is 1. The van der Waals surface area contributed by atoms with Gasteiger partial charge in [-0.25, -0.2) is 9.59 Å². The smallest absolute Gasteiger partial charge is 0.328 e. The van der Waals surface area contributed by atoms with E-state index in [0.717, 1.165) is 11.4 Å². The van der Waals surface area contributed by atoms with Crippen LogP contribution in [0.25, 0.3) is 0 Å². The summed E-state index contributed by atoms with van der Waals surface area (Å²) in [5.74, 6) is -0.503. The van der Waals surface area contributed by atoms with Crippen LogP contribution in [-0.2, 0) is 21.5 Å². The molecule has 0 radical (unpaired) electrons. The monoisotopic (exact) mass is 335 g/mol. The molecule has 0 aliphatic heterocycles. The number of methoxy groups -OCH3 is 1. The van der Waals surface area contributed by atoms with Gasteiger partial charge in [-0.3, -0.25) is 4.98 Å². The number of pyridine rings is 1. The van der Waals surface area contributed by atoms with Crippen molar-refractivity contribution in [3.63, 3.8) is 0 Å². The highest BCUT2D eigenvalue weighted by Crippen LogP contribution is 2.20. The maximum Gasteiger partial charge on any atom is 0.328 e. The summed E-state index contributed by atoms with van der Waals surface area (Å²) in [5.41, 5.74) is 1.73. The van der Waals surface area contributed by atoms with E-state index in [1.807, 2.05) is 32.0 Å². The van der Waals surface area contributed by atoms with Gasteiger partial charge in [-0.2, -0.15) is 0 Å². The molecule has 0 bridgehead atoms. The third-order valence-corrected chi connectivity index (χ3v) is 3.72. The zero-order valence-corrected chi connectivity index (χ0v) is 15.7. The molecule has 1 N–H and O–H groups in total. The van der Waals surface area contributed by atoms with Crippen LogP contribution in [0.4, 0.5) is 4.79 Å². The van der Waals surface area contributed by atoms with Gasteiger partial charge in [0.15, 0.2) is 0 Å². The lowest BCUT2D eigenvalue weighted by Crippen LogP contribution is -2.49. The van der Waals surface area contributed by atoms with Crippen molar-refractivity contribution in [2.24, 2.45) is 5.92 Å². The summed E-state index contributed by atoms with van der Waals surface area (Å²) >= 11 is 0. The first-order valence-electron chi connectivity index (χ1n) is 8.12. The molecule has 0 aliphatic rings. The van der Waals surface area contributed by atoms with Crippen LogP contribution in [0.15, 0.2) is 18.2 Å². The fourth-order valence-corrected chi connectivity index (χ4v) is 2.17. The summed E-state index contributed by atoms with van der Waals surface area (Å²) in [4.78, 5) is 30.2. The number of nitrogens with zero attached hydrogens (tertiary/aromatic N) is 2. The summed E-state index contributed by atoms with van der Waals surface area (Å²) in [7, 11) is 2.99. The maximum absolute atomic E-state index is 12.3. The normalized spacial score (nSPS) is 12.7. The summed E-state index contributed by atoms with van der Waals surface area (Å²) in [6.07, 6.45) is 0. The van der Waals surface area contributed by atoms with Crippen LogP contribution in [0.5, 0.6) is 0 Å². The Hall–Kier alpha value is -2.11. The van der Waals surface area contributed by atoms with E-state index >= 15 is 0 Å². The topological polar surface area (TPSA) is 71.5 Å². The number of rotatable bonds is 5. The Balaban J connectivity index is 2.78. The van der Waals surface area contributed by atoms with Gasteiger partial charge >= 0.3 is 12.0 Å². The predicted molar refractivity (Wildman–Crippen MR) is 93.6 cm³/mol. The van der Waals surface area contributed by atoms with E-state index in [2.05, 4.69) is 31.1 Å². The number of ether oxygens (including phenoxy) is 1. The third kappa shape index (κ3) is 5.51. The average molecular weight is 335 g/mol. The Morgan fingerprint density at radius 2 is 1.92 bits per heavy atom. The Kier molecular flexibility index (Phi) is 6.75. The zero-order chi connectivity index (χ0) is 18.5. The van der Waals surface area contributed by atoms with Crippen molar-refractivity contribution < 1.29 is 14.3 Å². The van der Waals surface area contributed by atoms with E-state index in [0.29, 0.717) is 6.54 Å². The molecular weight excluding hydrogens is 306 g/mol. The maximum atomic E-state index is 12.3. The van der Waals surface area contributed by atoms with Gasteiger partial charge in [-0.05, 0) is 18.1 Å². The molecular formula is C18H29N3O3. The Morgan fingerprint density at radius 1 is 1.29 bits per heavy atom. The minimum atomic E-state index is -0.668. The number of carbonyl (C=O) groups is 2. The minimum Gasteiger partial charge on any atom is -0.467 e. The van der Waals surface area contributed by atoms with E-state index in [4.69, 9.17) is 4.74 Å². The molecule has 1 atom stereocenters. The first-order valence-corrected chi connectivity index (χ1v) is 8.12. The predicted octanol–water partition coefficient (Wildman–Crippen LogP) is 2.72. The Labute approximate surface area is 144 Å². The van der Waals surface area contributed by atoms with Crippen molar-refractivity contribution in [3.05, 3.63) is 29.6 Å². The molecule has 1 heterocycles. The molecule has 6 heteroatoms. The van der Waals surface area contributed by atoms with Gasteiger partial charge in [-0.15, -0.1) is 0 Å². The van der Waals surface area contributed by atoms with Crippen LogP contribution < -0.4 is 5.32 Å². The van der Waals surface area contributed by atoms with Gasteiger partial charge in [0.25, 0.3) is 0 Å². The van der Waals surface area contributed by atoms with Crippen molar-refractivity contribution >= 4 is 12.0 Å². The molecule has 0 aromatic carbocycles. The number of carbonyl (C=O) groups excluding carboxylic acids is 2. The molecule has 1 aromatic heterocycles. The summed E-state index contributed by atoms with van der Waals surface area (Å²) in [5, 5.41) is 2.72. The van der Waals surface area contributed by atoms with Crippen LogP contribution in [0.2, 0.25) is 0 Å². The molecule has 6 nitrogen and oxygen atoms in total. The lowest BCUT2D eigenvalue weighted by molar-refractivity contribution is -0.144. The number of hydrogen-bond donors (Lipinski definition) is 1. The van der Waals surface area contributed by atoms with Gasteiger partial charge in [0.05, 0.1) is 19.3 Å². The van der Waals surface area contributed by atoms with E-state index in [-0.39, 0.29) is 17.4 Å². The molecule has 1 rings (SSSR count). The minimum absolute atomic E-state index is 0.0511. The lowest BCUT2D eigenvalue weighted by Gasteiger charge is -2.24. The number of esters is 1. The van der Waals surface area contributed by atoms with Crippen molar-refractivity contribution in [3.8, 4) is 0 Å². The van der Waals surface area contributed by atoms with E-state index in [9.17, 15) is 9.59 Å². The van der Waals surface area contributed by atoms with Crippen LogP contribution in [-0.4, -0.2) is 42.1 Å². The second kappa shape index (κ2) is 8.13. The zero-order valence-electron chi connectivity index (χ0n) is 15.7. The number of hydrogen-bond acceptors (Lipinski definition) is 4. The van der Waals surface area contributed by atoms with E-state index in [1.54, 1.807) is 7.05 Å². The molecule has 0 aliphatic carbocycles. The van der Waals surface area contributed by atoms with Crippen LogP contribution in [0, 0.1) is 5.92 Å². The molecule has 0 saturated heterocycles. The highest BCUT2D eigenvalue weighted by atomic mass is 16.5. The Bertz CT molecular complexity index is 579. The van der Waals surface area contributed by atoms with Gasteiger partial charge in [0, 0.05) is 18.2 Å². The van der Waals surface area contributed by atoms with Crippen molar-refractivity contribution in [1.29, 1.82) is 0 Å². The summed E-state index contributed by atoms with van der Waals surface area (Å²) in [6, 6.07) is 4.82. The van der Waals surface area contributed by atoms with Gasteiger partial charge in [0.1, 0.15) is 6.04 Å². The van der Waals surface area contributed by atoms with E-state index < -0.39 is 12.0 Å². The molecule has 0 fully saturated rings. The number of aromatic nitrogens is 1. The van der Waals surface area contributed by atoms with Gasteiger partial charge < -0.3 is 15.0 Å². The number of nitrogens with one attached hydrogen (secondary N) is 1. The highest BCUT2D eigenvalue weighted by molar-refractivity contribution is 5.83. The van der Waals surface area contributed by atoms with Crippen LogP contribution >= 0.6 is 0 Å². The fraction of sp³-hybridized carbons (Fsp3) is 0.611. The summed E-state index contributed by atoms with van der Waals surface area (Å²) < 4.78 is 4.74. The Morgan fingerprint density at radius 3 is 2.42 bits per heavy atom. The fourth-order valence-electron chi connectivity index (χ4n) is 2.17. The summed E-state index contributed by atoms with van der Waals surface area (Å²) in [6.45, 7) is 10.4. The highest BCUT2D eigenvalue weighted by Gasteiger charge is 2.26. The molecule has 2 amide bonds. The van der Waals surface area contributed by atoms with Crippen LogP contribution in [0.1, 0.15) is 46.0 Å².